The van der Waals surface area contributed by atoms with Gasteiger partial charge in [0, 0.05) is 51.2 Å². The summed E-state index contributed by atoms with van der Waals surface area (Å²) in [5, 5.41) is 0. The van der Waals surface area contributed by atoms with Gasteiger partial charge in [-0.25, -0.2) is 0 Å². The first kappa shape index (κ1) is 13.3. The van der Waals surface area contributed by atoms with Crippen LogP contribution in [-0.2, 0) is 6.54 Å². The molecular weight excluding hydrogens is 224 g/mol. The van der Waals surface area contributed by atoms with Gasteiger partial charge in [0.1, 0.15) is 0 Å². The van der Waals surface area contributed by atoms with E-state index in [1.54, 1.807) is 6.20 Å². The fraction of sp³-hybridized carbons (Fsp3) is 0.571. The lowest BCUT2D eigenvalue weighted by Gasteiger charge is -2.35. The van der Waals surface area contributed by atoms with Crippen LogP contribution in [-0.4, -0.2) is 47.5 Å². The zero-order chi connectivity index (χ0) is 13.0. The molecule has 2 rings (SSSR count). The molecule has 1 saturated heterocycles. The lowest BCUT2D eigenvalue weighted by Crippen LogP contribution is -2.46. The number of nitrogens with two attached hydrogens (primary N) is 1. The zero-order valence-corrected chi connectivity index (χ0v) is 11.4. The van der Waals surface area contributed by atoms with Gasteiger partial charge in [-0.3, -0.25) is 9.88 Å². The number of hydrogen-bond donors (Lipinski definition) is 1. The summed E-state index contributed by atoms with van der Waals surface area (Å²) in [6.07, 6.45) is 1.79. The lowest BCUT2D eigenvalue weighted by molar-refractivity contribution is 0.130. The number of anilines is 1. The summed E-state index contributed by atoms with van der Waals surface area (Å²) >= 11 is 0. The molecule has 0 atom stereocenters. The molecule has 1 aromatic heterocycles. The van der Waals surface area contributed by atoms with Crippen molar-refractivity contribution in [1.29, 1.82) is 0 Å². The first-order valence-electron chi connectivity index (χ1n) is 6.57. The summed E-state index contributed by atoms with van der Waals surface area (Å²) < 4.78 is 0. The highest BCUT2D eigenvalue weighted by Crippen LogP contribution is 2.10. The molecule has 0 aromatic carbocycles. The Kier molecular flexibility index (Phi) is 4.55. The summed E-state index contributed by atoms with van der Waals surface area (Å²) in [7, 11) is 0. The Morgan fingerprint density at radius 3 is 2.50 bits per heavy atom. The highest BCUT2D eigenvalue weighted by Gasteiger charge is 2.17. The van der Waals surface area contributed by atoms with E-state index in [1.165, 1.54) is 5.92 Å². The highest BCUT2D eigenvalue weighted by molar-refractivity contribution is 5.37. The van der Waals surface area contributed by atoms with Crippen LogP contribution in [0.5, 0.6) is 0 Å². The minimum atomic E-state index is 0.801. The standard InChI is InChI=1S/C14H23N4/c1-12(2)10-17-5-7-18(8-6-17)11-14-9-13(15)3-4-16-14/h3-4,9H,5-8,10-11H2,1-2H3,(H2,15,16). The molecule has 0 saturated carbocycles. The van der Waals surface area contributed by atoms with Gasteiger partial charge in [-0.15, -0.1) is 0 Å². The fourth-order valence-corrected chi connectivity index (χ4v) is 2.37. The molecule has 4 nitrogen and oxygen atoms in total. The van der Waals surface area contributed by atoms with Crippen LogP contribution in [0.1, 0.15) is 19.5 Å². The number of aromatic nitrogens is 1. The Morgan fingerprint density at radius 1 is 1.22 bits per heavy atom. The Bertz CT molecular complexity index is 370. The summed E-state index contributed by atoms with van der Waals surface area (Å²) in [4.78, 5) is 9.32. The molecule has 0 aliphatic carbocycles. The van der Waals surface area contributed by atoms with E-state index in [2.05, 4.69) is 28.6 Å². The Morgan fingerprint density at radius 2 is 1.89 bits per heavy atom. The molecule has 1 aromatic rings. The smallest absolute Gasteiger partial charge is 0.0564 e. The van der Waals surface area contributed by atoms with Crippen molar-refractivity contribution in [2.24, 2.45) is 0 Å². The average molecular weight is 247 g/mol. The Balaban J connectivity index is 1.80. The average Bonchev–Trinajstić information content (AvgIpc) is 2.31. The zero-order valence-electron chi connectivity index (χ0n) is 11.4. The molecule has 0 spiro atoms. The number of piperazine rings is 1. The van der Waals surface area contributed by atoms with Gasteiger partial charge in [0.25, 0.3) is 0 Å². The molecule has 4 heteroatoms. The van der Waals surface area contributed by atoms with Crippen molar-refractivity contribution in [3.63, 3.8) is 0 Å². The molecular formula is C14H23N4. The number of rotatable bonds is 4. The maximum absolute atomic E-state index is 5.77. The van der Waals surface area contributed by atoms with Crippen LogP contribution in [0, 0.1) is 5.92 Å². The second kappa shape index (κ2) is 6.16. The van der Waals surface area contributed by atoms with Gasteiger partial charge in [-0.1, -0.05) is 13.8 Å². The molecule has 0 amide bonds. The quantitative estimate of drug-likeness (QED) is 0.873. The molecule has 18 heavy (non-hydrogen) atoms. The first-order valence-corrected chi connectivity index (χ1v) is 6.57. The lowest BCUT2D eigenvalue weighted by atomic mass is 10.2. The largest absolute Gasteiger partial charge is 0.399 e. The Labute approximate surface area is 110 Å². The molecule has 1 radical (unpaired) electrons. The number of hydrogen-bond acceptors (Lipinski definition) is 4. The van der Waals surface area contributed by atoms with Crippen LogP contribution in [0.15, 0.2) is 18.3 Å². The number of nitrogens with zero attached hydrogens (tertiary/aromatic N) is 3. The van der Waals surface area contributed by atoms with Gasteiger partial charge in [0.15, 0.2) is 0 Å². The van der Waals surface area contributed by atoms with Crippen molar-refractivity contribution in [3.8, 4) is 0 Å². The van der Waals surface area contributed by atoms with Crippen LogP contribution < -0.4 is 5.73 Å². The van der Waals surface area contributed by atoms with Crippen molar-refractivity contribution < 1.29 is 0 Å². The topological polar surface area (TPSA) is 45.4 Å². The van der Waals surface area contributed by atoms with Crippen molar-refractivity contribution >= 4 is 5.69 Å². The molecule has 2 N–H and O–H groups in total. The summed E-state index contributed by atoms with van der Waals surface area (Å²) in [6.45, 7) is 11.0. The molecule has 99 valence electrons. The first-order chi connectivity index (χ1) is 8.63. The predicted octanol–water partition coefficient (Wildman–Crippen LogP) is 1.40. The van der Waals surface area contributed by atoms with Crippen LogP contribution in [0.3, 0.4) is 0 Å². The van der Waals surface area contributed by atoms with Gasteiger partial charge in [-0.2, -0.15) is 0 Å². The van der Waals surface area contributed by atoms with Gasteiger partial charge in [-0.05, 0) is 18.1 Å². The molecule has 0 bridgehead atoms. The molecule has 0 unspecified atom stereocenters. The number of pyridine rings is 1. The summed E-state index contributed by atoms with van der Waals surface area (Å²) in [5.74, 6) is 1.49. The summed E-state index contributed by atoms with van der Waals surface area (Å²) in [6, 6.07) is 3.80. The van der Waals surface area contributed by atoms with Gasteiger partial charge < -0.3 is 10.6 Å². The second-order valence-corrected chi connectivity index (χ2v) is 5.34. The minimum absolute atomic E-state index is 0.801. The third kappa shape index (κ3) is 3.96. The van der Waals surface area contributed by atoms with Crippen LogP contribution >= 0.6 is 0 Å². The highest BCUT2D eigenvalue weighted by atomic mass is 15.3. The van der Waals surface area contributed by atoms with E-state index in [-0.39, 0.29) is 0 Å². The van der Waals surface area contributed by atoms with Crippen molar-refractivity contribution in [3.05, 3.63) is 29.9 Å². The van der Waals surface area contributed by atoms with E-state index in [9.17, 15) is 0 Å². The van der Waals surface area contributed by atoms with E-state index in [4.69, 9.17) is 5.73 Å². The van der Waals surface area contributed by atoms with Gasteiger partial charge in [0.2, 0.25) is 0 Å². The van der Waals surface area contributed by atoms with Crippen molar-refractivity contribution in [2.45, 2.75) is 20.4 Å². The van der Waals surface area contributed by atoms with Crippen molar-refractivity contribution in [1.82, 2.24) is 14.8 Å². The SMILES string of the molecule is C[C](C)CN1CCN(Cc2cc(N)ccn2)CC1. The van der Waals surface area contributed by atoms with Gasteiger partial charge >= 0.3 is 0 Å². The predicted molar refractivity (Wildman–Crippen MR) is 75.0 cm³/mol. The van der Waals surface area contributed by atoms with E-state index in [0.717, 1.165) is 50.6 Å². The van der Waals surface area contributed by atoms with Crippen LogP contribution in [0.2, 0.25) is 0 Å². The monoisotopic (exact) mass is 247 g/mol. The molecule has 1 aliphatic heterocycles. The van der Waals surface area contributed by atoms with Crippen LogP contribution in [0.25, 0.3) is 0 Å². The normalized spacial score (nSPS) is 18.4. The van der Waals surface area contributed by atoms with E-state index in [1.807, 2.05) is 12.1 Å². The molecule has 2 heterocycles. The second-order valence-electron chi connectivity index (χ2n) is 5.34. The third-order valence-electron chi connectivity index (χ3n) is 3.23. The fourth-order valence-electron chi connectivity index (χ4n) is 2.37. The molecule has 1 aliphatic rings. The third-order valence-corrected chi connectivity index (χ3v) is 3.23. The van der Waals surface area contributed by atoms with E-state index in [0.29, 0.717) is 0 Å². The minimum Gasteiger partial charge on any atom is -0.399 e. The van der Waals surface area contributed by atoms with Crippen LogP contribution in [0.4, 0.5) is 5.69 Å². The summed E-state index contributed by atoms with van der Waals surface area (Å²) in [5.41, 5.74) is 7.64. The van der Waals surface area contributed by atoms with E-state index >= 15 is 0 Å². The molecule has 1 fully saturated rings. The van der Waals surface area contributed by atoms with Gasteiger partial charge in [0.05, 0.1) is 5.69 Å². The van der Waals surface area contributed by atoms with Crippen molar-refractivity contribution in [2.75, 3.05) is 38.5 Å². The maximum Gasteiger partial charge on any atom is 0.0564 e. The Hall–Kier alpha value is -1.13. The van der Waals surface area contributed by atoms with E-state index < -0.39 is 0 Å². The number of nitrogen functional groups attached to an aromatic ring is 1. The maximum atomic E-state index is 5.77.